The molecule has 280 valence electrons. The predicted molar refractivity (Wildman–Crippen MR) is 207 cm³/mol. The van der Waals surface area contributed by atoms with Crippen LogP contribution in [-0.4, -0.2) is 89.0 Å². The van der Waals surface area contributed by atoms with E-state index in [0.717, 1.165) is 96.5 Å². The summed E-state index contributed by atoms with van der Waals surface area (Å²) in [7, 11) is -0.250. The van der Waals surface area contributed by atoms with Gasteiger partial charge < -0.3 is 14.2 Å². The number of aromatic nitrogens is 3. The molecule has 2 aromatic carbocycles. The molecule has 1 N–H and O–H groups in total. The Morgan fingerprint density at radius 1 is 1.02 bits per heavy atom. The highest BCUT2D eigenvalue weighted by Crippen LogP contribution is 2.48. The summed E-state index contributed by atoms with van der Waals surface area (Å²) in [5.41, 5.74) is 7.79. The number of fused-ring (bicyclic) bond motifs is 7. The topological polar surface area (TPSA) is 119 Å². The SMILES string of the molecule is CCN1C[C@H]2C[C@@H]1CN2C(=O)c1cnn(C)c1C1=Cc2cc(OC)ccc2-c2c(C3CCCCC3)c3ccc(C(=O)NS(=O)(=O)CC(C)C)cc3n2C1. The average Bonchev–Trinajstić information content (AvgIpc) is 3.90. The van der Waals surface area contributed by atoms with Gasteiger partial charge in [0.2, 0.25) is 10.0 Å². The fourth-order valence-corrected chi connectivity index (χ4v) is 10.9. The van der Waals surface area contributed by atoms with Gasteiger partial charge in [0.25, 0.3) is 11.8 Å². The summed E-state index contributed by atoms with van der Waals surface area (Å²) in [4.78, 5) is 32.5. The summed E-state index contributed by atoms with van der Waals surface area (Å²) >= 11 is 0. The number of carbonyl (C=O) groups excluding carboxylic acids is 2. The van der Waals surface area contributed by atoms with Crippen molar-refractivity contribution in [3.8, 4) is 17.0 Å². The number of benzene rings is 2. The van der Waals surface area contributed by atoms with Crippen LogP contribution in [0.5, 0.6) is 5.75 Å². The fourth-order valence-electron chi connectivity index (χ4n) is 9.52. The highest BCUT2D eigenvalue weighted by atomic mass is 32.2. The van der Waals surface area contributed by atoms with Crippen LogP contribution in [0.3, 0.4) is 0 Å². The van der Waals surface area contributed by atoms with Gasteiger partial charge in [-0.2, -0.15) is 5.10 Å². The van der Waals surface area contributed by atoms with Gasteiger partial charge in [-0.15, -0.1) is 0 Å². The number of rotatable bonds is 9. The van der Waals surface area contributed by atoms with Crippen LogP contribution in [0.25, 0.3) is 33.8 Å². The first-order valence-electron chi connectivity index (χ1n) is 19.1. The van der Waals surface area contributed by atoms with Crippen molar-refractivity contribution in [3.63, 3.8) is 0 Å². The number of ether oxygens (including phenoxy) is 1. The average molecular weight is 739 g/mol. The van der Waals surface area contributed by atoms with Crippen LogP contribution in [0.15, 0.2) is 42.6 Å². The second kappa shape index (κ2) is 13.8. The summed E-state index contributed by atoms with van der Waals surface area (Å²) in [6.07, 6.45) is 10.5. The second-order valence-corrected chi connectivity index (χ2v) is 17.5. The minimum atomic E-state index is -3.81. The van der Waals surface area contributed by atoms with E-state index in [-0.39, 0.29) is 29.2 Å². The van der Waals surface area contributed by atoms with Crippen LogP contribution in [0.1, 0.15) is 103 Å². The maximum atomic E-state index is 14.4. The largest absolute Gasteiger partial charge is 0.497 e. The number of allylic oxidation sites excluding steroid dienone is 1. The zero-order valence-corrected chi connectivity index (χ0v) is 32.2. The molecule has 12 heteroatoms. The molecule has 0 spiro atoms. The fraction of sp³-hybridized carbons (Fsp3) is 0.488. The molecule has 2 bridgehead atoms. The molecule has 3 aliphatic heterocycles. The second-order valence-electron chi connectivity index (χ2n) is 15.8. The number of likely N-dealkylation sites (tertiary alicyclic amines) is 2. The molecular weight excluding hydrogens is 689 g/mol. The van der Waals surface area contributed by atoms with Crippen LogP contribution in [0.2, 0.25) is 0 Å². The lowest BCUT2D eigenvalue weighted by Crippen LogP contribution is -2.48. The van der Waals surface area contributed by atoms with Crippen LogP contribution in [0, 0.1) is 5.92 Å². The third kappa shape index (κ3) is 6.37. The van der Waals surface area contributed by atoms with Crippen molar-refractivity contribution in [1.82, 2.24) is 28.9 Å². The Balaban J connectivity index is 1.29. The van der Waals surface area contributed by atoms with E-state index in [2.05, 4.69) is 44.4 Å². The molecule has 4 aliphatic rings. The van der Waals surface area contributed by atoms with E-state index in [9.17, 15) is 18.0 Å². The smallest absolute Gasteiger partial charge is 0.264 e. The Morgan fingerprint density at radius 2 is 1.81 bits per heavy atom. The van der Waals surface area contributed by atoms with Crippen molar-refractivity contribution >= 4 is 44.4 Å². The van der Waals surface area contributed by atoms with E-state index in [1.165, 1.54) is 12.0 Å². The van der Waals surface area contributed by atoms with E-state index in [0.29, 0.717) is 24.1 Å². The van der Waals surface area contributed by atoms with Crippen LogP contribution in [0.4, 0.5) is 0 Å². The Kier molecular flexibility index (Phi) is 9.25. The Labute approximate surface area is 312 Å². The standard InChI is InChI=1S/C41H50N6O5S/c1-6-45-22-31-19-30(45)23-46(31)41(49)35-20-42-44(4)38(35)29-16-28-17-32(52-5)13-15-33(28)39-37(26-10-8-7-9-11-26)34-14-12-27(18-36(34)47(39)21-29)40(48)43-53(50,51)24-25(2)3/h12-18,20,25-26,30-31H,6-11,19,21-24H2,1-5H3,(H,43,48)/t30-,31-/m1/s1. The van der Waals surface area contributed by atoms with E-state index >= 15 is 0 Å². The number of piperazine rings is 1. The number of carbonyl (C=O) groups is 2. The molecule has 0 radical (unpaired) electrons. The zero-order chi connectivity index (χ0) is 37.2. The Bertz CT molecular complexity index is 2250. The minimum Gasteiger partial charge on any atom is -0.497 e. The minimum absolute atomic E-state index is 0.00872. The molecule has 2 aromatic heterocycles. The van der Waals surface area contributed by atoms with E-state index in [4.69, 9.17) is 4.74 Å². The van der Waals surface area contributed by atoms with Crippen LogP contribution >= 0.6 is 0 Å². The number of amides is 2. The molecular formula is C41H50N6O5S. The molecule has 0 unspecified atom stereocenters. The molecule has 8 rings (SSSR count). The molecule has 1 saturated carbocycles. The lowest BCUT2D eigenvalue weighted by atomic mass is 9.81. The summed E-state index contributed by atoms with van der Waals surface area (Å²) in [6, 6.07) is 12.3. The van der Waals surface area contributed by atoms with Crippen molar-refractivity contribution in [2.75, 3.05) is 32.5 Å². The molecule has 4 aromatic rings. The van der Waals surface area contributed by atoms with Gasteiger partial charge >= 0.3 is 0 Å². The first kappa shape index (κ1) is 35.6. The molecule has 5 heterocycles. The first-order valence-corrected chi connectivity index (χ1v) is 20.8. The van der Waals surface area contributed by atoms with Crippen molar-refractivity contribution in [2.24, 2.45) is 13.0 Å². The van der Waals surface area contributed by atoms with Crippen molar-refractivity contribution in [1.29, 1.82) is 0 Å². The van der Waals surface area contributed by atoms with Gasteiger partial charge in [-0.3, -0.25) is 19.2 Å². The Morgan fingerprint density at radius 3 is 2.51 bits per heavy atom. The molecule has 11 nitrogen and oxygen atoms in total. The maximum Gasteiger partial charge on any atom is 0.264 e. The van der Waals surface area contributed by atoms with Gasteiger partial charge in [0, 0.05) is 54.3 Å². The number of aryl methyl sites for hydroxylation is 1. The third-order valence-electron chi connectivity index (χ3n) is 11.8. The van der Waals surface area contributed by atoms with Crippen molar-refractivity contribution < 1.29 is 22.7 Å². The normalized spacial score (nSPS) is 20.4. The lowest BCUT2D eigenvalue weighted by molar-refractivity contribution is 0.0630. The van der Waals surface area contributed by atoms with Gasteiger partial charge in [-0.25, -0.2) is 13.1 Å². The number of likely N-dealkylation sites (N-methyl/N-ethyl adjacent to an activating group) is 1. The van der Waals surface area contributed by atoms with Gasteiger partial charge in [-0.05, 0) is 90.8 Å². The first-order chi connectivity index (χ1) is 25.5. The highest BCUT2D eigenvalue weighted by Gasteiger charge is 2.45. The van der Waals surface area contributed by atoms with Gasteiger partial charge in [0.05, 0.1) is 42.6 Å². The zero-order valence-electron chi connectivity index (χ0n) is 31.4. The van der Waals surface area contributed by atoms with E-state index in [1.807, 2.05) is 48.7 Å². The number of hydrogen-bond donors (Lipinski definition) is 1. The molecule has 53 heavy (non-hydrogen) atoms. The van der Waals surface area contributed by atoms with Crippen molar-refractivity contribution in [3.05, 3.63) is 70.5 Å². The summed E-state index contributed by atoms with van der Waals surface area (Å²) in [6.45, 7) is 8.84. The number of methoxy groups -OCH3 is 1. The maximum absolute atomic E-state index is 14.4. The van der Waals surface area contributed by atoms with Crippen LogP contribution in [-0.2, 0) is 23.6 Å². The molecule has 1 aliphatic carbocycles. The Hall–Kier alpha value is -4.42. The van der Waals surface area contributed by atoms with Crippen molar-refractivity contribution in [2.45, 2.75) is 83.8 Å². The van der Waals surface area contributed by atoms with E-state index < -0.39 is 15.9 Å². The number of sulfonamides is 1. The van der Waals surface area contributed by atoms with Gasteiger partial charge in [0.15, 0.2) is 0 Å². The van der Waals surface area contributed by atoms with Gasteiger partial charge in [-0.1, -0.05) is 46.1 Å². The number of nitrogens with zero attached hydrogens (tertiary/aromatic N) is 5. The summed E-state index contributed by atoms with van der Waals surface area (Å²) in [5.74, 6) is 0.170. The highest BCUT2D eigenvalue weighted by molar-refractivity contribution is 7.90. The number of nitrogens with one attached hydrogen (secondary N) is 1. The molecule has 3 fully saturated rings. The molecule has 2 saturated heterocycles. The molecule has 2 atom stereocenters. The summed E-state index contributed by atoms with van der Waals surface area (Å²) < 4.78 is 37.8. The number of hydrogen-bond acceptors (Lipinski definition) is 7. The lowest BCUT2D eigenvalue weighted by Gasteiger charge is -2.33. The quantitative estimate of drug-likeness (QED) is 0.215. The van der Waals surface area contributed by atoms with Crippen LogP contribution < -0.4 is 9.46 Å². The van der Waals surface area contributed by atoms with E-state index in [1.54, 1.807) is 19.4 Å². The predicted octanol–water partition coefficient (Wildman–Crippen LogP) is 6.29. The third-order valence-corrected chi connectivity index (χ3v) is 13.4. The molecule has 2 amide bonds. The van der Waals surface area contributed by atoms with Gasteiger partial charge in [0.1, 0.15) is 5.75 Å². The summed E-state index contributed by atoms with van der Waals surface area (Å²) in [5, 5.41) is 5.72. The monoisotopic (exact) mass is 738 g/mol.